The zero-order valence-corrected chi connectivity index (χ0v) is 12.2. The van der Waals surface area contributed by atoms with E-state index >= 15 is 0 Å². The Balaban J connectivity index is 2.67. The highest BCUT2D eigenvalue weighted by molar-refractivity contribution is 9.10. The molecule has 0 aromatic heterocycles. The van der Waals surface area contributed by atoms with E-state index in [0.29, 0.717) is 25.3 Å². The standard InChI is InChI=1S/C13H17BrFNO2/c1-3-16(9-13(17)18-4-2)8-10-7-11(14)5-6-12(10)15/h5-7H,3-4,8-9H2,1-2H3. The Morgan fingerprint density at radius 2 is 2.17 bits per heavy atom. The summed E-state index contributed by atoms with van der Waals surface area (Å²) in [6.07, 6.45) is 0. The number of likely N-dealkylation sites (N-methyl/N-ethyl adjacent to an activating group) is 1. The highest BCUT2D eigenvalue weighted by atomic mass is 79.9. The first-order valence-electron chi connectivity index (χ1n) is 5.88. The van der Waals surface area contributed by atoms with Crippen molar-refractivity contribution in [1.82, 2.24) is 4.90 Å². The molecule has 0 saturated carbocycles. The van der Waals surface area contributed by atoms with Crippen molar-refractivity contribution >= 4 is 21.9 Å². The summed E-state index contributed by atoms with van der Waals surface area (Å²) in [6, 6.07) is 4.79. The van der Waals surface area contributed by atoms with Gasteiger partial charge in [-0.2, -0.15) is 0 Å². The summed E-state index contributed by atoms with van der Waals surface area (Å²) in [5, 5.41) is 0. The van der Waals surface area contributed by atoms with E-state index in [1.165, 1.54) is 6.07 Å². The molecule has 0 fully saturated rings. The average molecular weight is 318 g/mol. The summed E-state index contributed by atoms with van der Waals surface area (Å²) in [6.45, 7) is 5.28. The molecule has 0 unspecified atom stereocenters. The second-order valence-corrected chi connectivity index (χ2v) is 4.76. The maximum absolute atomic E-state index is 13.6. The molecule has 0 aliphatic rings. The first-order valence-corrected chi connectivity index (χ1v) is 6.68. The monoisotopic (exact) mass is 317 g/mol. The number of rotatable bonds is 6. The quantitative estimate of drug-likeness (QED) is 0.755. The van der Waals surface area contributed by atoms with Crippen LogP contribution in [0.25, 0.3) is 0 Å². The lowest BCUT2D eigenvalue weighted by Crippen LogP contribution is -2.30. The maximum Gasteiger partial charge on any atom is 0.320 e. The molecule has 0 atom stereocenters. The highest BCUT2D eigenvalue weighted by Crippen LogP contribution is 2.17. The van der Waals surface area contributed by atoms with Crippen LogP contribution in [0.3, 0.4) is 0 Å². The predicted octanol–water partition coefficient (Wildman–Crippen LogP) is 2.97. The fraction of sp³-hybridized carbons (Fsp3) is 0.462. The van der Waals surface area contributed by atoms with Gasteiger partial charge in [0.25, 0.3) is 0 Å². The highest BCUT2D eigenvalue weighted by Gasteiger charge is 2.12. The normalized spacial score (nSPS) is 10.7. The van der Waals surface area contributed by atoms with Gasteiger partial charge in [0.2, 0.25) is 0 Å². The van der Waals surface area contributed by atoms with Crippen molar-refractivity contribution in [3.05, 3.63) is 34.1 Å². The van der Waals surface area contributed by atoms with E-state index in [1.54, 1.807) is 19.1 Å². The van der Waals surface area contributed by atoms with Gasteiger partial charge in [0.1, 0.15) is 5.82 Å². The molecule has 0 spiro atoms. The summed E-state index contributed by atoms with van der Waals surface area (Å²) in [7, 11) is 0. The number of carbonyl (C=O) groups is 1. The Morgan fingerprint density at radius 1 is 1.44 bits per heavy atom. The van der Waals surface area contributed by atoms with Gasteiger partial charge in [0, 0.05) is 16.6 Å². The number of carbonyl (C=O) groups excluding carboxylic acids is 1. The summed E-state index contributed by atoms with van der Waals surface area (Å²) < 4.78 is 19.3. The molecule has 0 N–H and O–H groups in total. The molecule has 100 valence electrons. The number of hydrogen-bond acceptors (Lipinski definition) is 3. The molecule has 0 bridgehead atoms. The van der Waals surface area contributed by atoms with Gasteiger partial charge >= 0.3 is 5.97 Å². The Hall–Kier alpha value is -0.940. The van der Waals surface area contributed by atoms with Crippen molar-refractivity contribution in [2.24, 2.45) is 0 Å². The molecule has 3 nitrogen and oxygen atoms in total. The van der Waals surface area contributed by atoms with Gasteiger partial charge in [-0.25, -0.2) is 4.39 Å². The van der Waals surface area contributed by atoms with Crippen LogP contribution in [0.2, 0.25) is 0 Å². The lowest BCUT2D eigenvalue weighted by atomic mass is 10.2. The largest absolute Gasteiger partial charge is 0.465 e. The third kappa shape index (κ3) is 4.74. The van der Waals surface area contributed by atoms with E-state index in [2.05, 4.69) is 15.9 Å². The molecule has 1 aromatic carbocycles. The molecule has 0 radical (unpaired) electrons. The van der Waals surface area contributed by atoms with Gasteiger partial charge in [-0.3, -0.25) is 9.69 Å². The minimum absolute atomic E-state index is 0.177. The van der Waals surface area contributed by atoms with Crippen molar-refractivity contribution < 1.29 is 13.9 Å². The van der Waals surface area contributed by atoms with Crippen LogP contribution in [0.15, 0.2) is 22.7 Å². The fourth-order valence-electron chi connectivity index (χ4n) is 1.57. The first-order chi connectivity index (χ1) is 8.56. The third-order valence-corrected chi connectivity index (χ3v) is 3.00. The molecule has 0 aliphatic heterocycles. The SMILES string of the molecule is CCOC(=O)CN(CC)Cc1cc(Br)ccc1F. The van der Waals surface area contributed by atoms with Gasteiger partial charge < -0.3 is 4.74 Å². The van der Waals surface area contributed by atoms with Gasteiger partial charge in [0.05, 0.1) is 13.2 Å². The van der Waals surface area contributed by atoms with Crippen LogP contribution in [0.1, 0.15) is 19.4 Å². The van der Waals surface area contributed by atoms with Gasteiger partial charge in [-0.05, 0) is 31.7 Å². The maximum atomic E-state index is 13.6. The predicted molar refractivity (Wildman–Crippen MR) is 71.7 cm³/mol. The number of hydrogen-bond donors (Lipinski definition) is 0. The van der Waals surface area contributed by atoms with E-state index in [1.807, 2.05) is 11.8 Å². The van der Waals surface area contributed by atoms with Gasteiger partial charge in [-0.15, -0.1) is 0 Å². The summed E-state index contributed by atoms with van der Waals surface area (Å²) in [4.78, 5) is 13.2. The zero-order valence-electron chi connectivity index (χ0n) is 10.6. The van der Waals surface area contributed by atoms with Crippen LogP contribution < -0.4 is 0 Å². The molecule has 18 heavy (non-hydrogen) atoms. The lowest BCUT2D eigenvalue weighted by Gasteiger charge is -2.19. The lowest BCUT2D eigenvalue weighted by molar-refractivity contribution is -0.144. The molecule has 0 amide bonds. The molecule has 0 heterocycles. The minimum atomic E-state index is -0.283. The smallest absolute Gasteiger partial charge is 0.320 e. The van der Waals surface area contributed by atoms with Crippen molar-refractivity contribution in [3.8, 4) is 0 Å². The van der Waals surface area contributed by atoms with Crippen LogP contribution in [0.5, 0.6) is 0 Å². The Labute approximate surface area is 115 Å². The number of ether oxygens (including phenoxy) is 1. The van der Waals surface area contributed by atoms with Crippen LogP contribution >= 0.6 is 15.9 Å². The van der Waals surface area contributed by atoms with Crippen LogP contribution in [-0.2, 0) is 16.1 Å². The van der Waals surface area contributed by atoms with E-state index in [-0.39, 0.29) is 18.3 Å². The van der Waals surface area contributed by atoms with E-state index < -0.39 is 0 Å². The number of nitrogens with zero attached hydrogens (tertiary/aromatic N) is 1. The number of halogens is 2. The van der Waals surface area contributed by atoms with Crippen LogP contribution in [-0.4, -0.2) is 30.6 Å². The van der Waals surface area contributed by atoms with Gasteiger partial charge in [0.15, 0.2) is 0 Å². The molecular weight excluding hydrogens is 301 g/mol. The molecule has 0 aliphatic carbocycles. The van der Waals surface area contributed by atoms with Gasteiger partial charge in [-0.1, -0.05) is 22.9 Å². The van der Waals surface area contributed by atoms with Crippen molar-refractivity contribution in [2.75, 3.05) is 19.7 Å². The van der Waals surface area contributed by atoms with Crippen molar-refractivity contribution in [1.29, 1.82) is 0 Å². The number of esters is 1. The summed E-state index contributed by atoms with van der Waals surface area (Å²) in [5.74, 6) is -0.546. The van der Waals surface area contributed by atoms with Crippen molar-refractivity contribution in [2.45, 2.75) is 20.4 Å². The Bertz CT molecular complexity index is 412. The molecule has 5 heteroatoms. The zero-order chi connectivity index (χ0) is 13.5. The van der Waals surface area contributed by atoms with Crippen molar-refractivity contribution in [3.63, 3.8) is 0 Å². The Kier molecular flexibility index (Phi) is 6.29. The second-order valence-electron chi connectivity index (χ2n) is 3.84. The van der Waals surface area contributed by atoms with E-state index in [0.717, 1.165) is 4.47 Å². The van der Waals surface area contributed by atoms with E-state index in [9.17, 15) is 9.18 Å². The Morgan fingerprint density at radius 3 is 2.78 bits per heavy atom. The molecular formula is C13H17BrFNO2. The summed E-state index contributed by atoms with van der Waals surface area (Å²) >= 11 is 3.31. The number of benzene rings is 1. The van der Waals surface area contributed by atoms with Crippen LogP contribution in [0.4, 0.5) is 4.39 Å². The summed E-state index contributed by atoms with van der Waals surface area (Å²) in [5.41, 5.74) is 0.565. The first kappa shape index (κ1) is 15.1. The van der Waals surface area contributed by atoms with Crippen LogP contribution in [0, 0.1) is 5.82 Å². The fourth-order valence-corrected chi connectivity index (χ4v) is 1.98. The molecule has 0 saturated heterocycles. The van der Waals surface area contributed by atoms with E-state index in [4.69, 9.17) is 4.74 Å². The average Bonchev–Trinajstić information content (AvgIpc) is 2.33. The third-order valence-electron chi connectivity index (χ3n) is 2.51. The topological polar surface area (TPSA) is 29.5 Å². The molecule has 1 aromatic rings. The minimum Gasteiger partial charge on any atom is -0.465 e. The molecule has 1 rings (SSSR count). The second kappa shape index (κ2) is 7.48.